The van der Waals surface area contributed by atoms with Gasteiger partial charge in [0, 0.05) is 6.54 Å². The van der Waals surface area contributed by atoms with E-state index < -0.39 is 29.7 Å². The highest BCUT2D eigenvalue weighted by Crippen LogP contribution is 2.49. The van der Waals surface area contributed by atoms with Gasteiger partial charge in [-0.2, -0.15) is 13.2 Å². The Balaban J connectivity index is 1.96. The predicted molar refractivity (Wildman–Crippen MR) is 73.8 cm³/mol. The summed E-state index contributed by atoms with van der Waals surface area (Å²) in [5, 5.41) is 11.0. The molecular formula is C15H16F3NO4. The molecule has 0 saturated heterocycles. The molecule has 1 saturated carbocycles. The third kappa shape index (κ3) is 4.22. The molecule has 1 aliphatic rings. The molecule has 1 aliphatic carbocycles. The summed E-state index contributed by atoms with van der Waals surface area (Å²) in [5.74, 6) is -1.48. The van der Waals surface area contributed by atoms with Crippen LogP contribution in [-0.2, 0) is 25.9 Å². The lowest BCUT2D eigenvalue weighted by Gasteiger charge is -2.17. The normalized spacial score (nSPS) is 16.0. The maximum absolute atomic E-state index is 12.8. The summed E-state index contributed by atoms with van der Waals surface area (Å²) in [6.07, 6.45) is -3.49. The summed E-state index contributed by atoms with van der Waals surface area (Å²) in [7, 11) is 0. The molecule has 2 rings (SSSR count). The topological polar surface area (TPSA) is 75.6 Å². The highest BCUT2D eigenvalue weighted by atomic mass is 19.4. The second kappa shape index (κ2) is 6.57. The monoisotopic (exact) mass is 331 g/mol. The first-order chi connectivity index (χ1) is 10.8. The van der Waals surface area contributed by atoms with E-state index >= 15 is 0 Å². The van der Waals surface area contributed by atoms with Gasteiger partial charge < -0.3 is 15.2 Å². The van der Waals surface area contributed by atoms with E-state index in [-0.39, 0.29) is 19.1 Å². The SMILES string of the molecule is O=C(O)COCCNC(=O)C1(c2cccc(C(F)(F)F)c2)CC1. The number of ether oxygens (including phenoxy) is 1. The molecule has 0 radical (unpaired) electrons. The third-order valence-corrected chi connectivity index (χ3v) is 3.68. The van der Waals surface area contributed by atoms with Gasteiger partial charge in [-0.05, 0) is 24.5 Å². The van der Waals surface area contributed by atoms with Crippen LogP contribution >= 0.6 is 0 Å². The number of carbonyl (C=O) groups is 2. The predicted octanol–water partition coefficient (Wildman–Crippen LogP) is 1.95. The van der Waals surface area contributed by atoms with Crippen molar-refractivity contribution in [2.45, 2.75) is 24.4 Å². The Morgan fingerprint density at radius 1 is 1.30 bits per heavy atom. The van der Waals surface area contributed by atoms with Crippen molar-refractivity contribution in [3.8, 4) is 0 Å². The fourth-order valence-corrected chi connectivity index (χ4v) is 2.33. The Morgan fingerprint density at radius 3 is 2.57 bits per heavy atom. The zero-order chi connectivity index (χ0) is 17.1. The summed E-state index contributed by atoms with van der Waals surface area (Å²) in [6, 6.07) is 4.79. The van der Waals surface area contributed by atoms with Crippen LogP contribution in [0.2, 0.25) is 0 Å². The molecule has 2 N–H and O–H groups in total. The molecular weight excluding hydrogens is 315 g/mol. The molecule has 8 heteroatoms. The van der Waals surface area contributed by atoms with E-state index in [4.69, 9.17) is 9.84 Å². The average Bonchev–Trinajstić information content (AvgIpc) is 3.27. The van der Waals surface area contributed by atoms with E-state index in [2.05, 4.69) is 5.32 Å². The molecule has 0 spiro atoms. The number of carboxylic acids is 1. The lowest BCUT2D eigenvalue weighted by Crippen LogP contribution is -2.37. The minimum Gasteiger partial charge on any atom is -0.480 e. The highest BCUT2D eigenvalue weighted by molar-refractivity contribution is 5.91. The quantitative estimate of drug-likeness (QED) is 0.749. The molecule has 1 amide bonds. The number of alkyl halides is 3. The number of hydrogen-bond acceptors (Lipinski definition) is 3. The first kappa shape index (κ1) is 17.3. The maximum atomic E-state index is 12.8. The van der Waals surface area contributed by atoms with Crippen LogP contribution in [0.5, 0.6) is 0 Å². The molecule has 0 atom stereocenters. The third-order valence-electron chi connectivity index (χ3n) is 3.68. The zero-order valence-electron chi connectivity index (χ0n) is 12.2. The Morgan fingerprint density at radius 2 is 2.00 bits per heavy atom. The fourth-order valence-electron chi connectivity index (χ4n) is 2.33. The first-order valence-corrected chi connectivity index (χ1v) is 7.01. The molecule has 126 valence electrons. The van der Waals surface area contributed by atoms with Crippen LogP contribution in [-0.4, -0.2) is 36.7 Å². The van der Waals surface area contributed by atoms with Crippen molar-refractivity contribution in [3.05, 3.63) is 35.4 Å². The number of carboxylic acid groups (broad SMARTS) is 1. The molecule has 5 nitrogen and oxygen atoms in total. The Bertz CT molecular complexity index is 597. The molecule has 0 aromatic heterocycles. The number of aliphatic carboxylic acids is 1. The number of carbonyl (C=O) groups excluding carboxylic acids is 1. The number of amides is 1. The number of rotatable bonds is 7. The molecule has 23 heavy (non-hydrogen) atoms. The van der Waals surface area contributed by atoms with E-state index in [1.54, 1.807) is 0 Å². The van der Waals surface area contributed by atoms with Crippen molar-refractivity contribution in [3.63, 3.8) is 0 Å². The van der Waals surface area contributed by atoms with Gasteiger partial charge in [-0.15, -0.1) is 0 Å². The Hall–Kier alpha value is -2.09. The molecule has 0 bridgehead atoms. The maximum Gasteiger partial charge on any atom is 0.416 e. The van der Waals surface area contributed by atoms with Crippen LogP contribution < -0.4 is 5.32 Å². The first-order valence-electron chi connectivity index (χ1n) is 7.01. The number of hydrogen-bond donors (Lipinski definition) is 2. The molecule has 1 aromatic rings. The van der Waals surface area contributed by atoms with Gasteiger partial charge in [0.2, 0.25) is 5.91 Å². The van der Waals surface area contributed by atoms with Crippen molar-refractivity contribution in [2.75, 3.05) is 19.8 Å². The van der Waals surface area contributed by atoms with Gasteiger partial charge >= 0.3 is 12.1 Å². The van der Waals surface area contributed by atoms with Crippen molar-refractivity contribution in [2.24, 2.45) is 0 Å². The van der Waals surface area contributed by atoms with Crippen LogP contribution in [0.15, 0.2) is 24.3 Å². The van der Waals surface area contributed by atoms with Gasteiger partial charge in [-0.3, -0.25) is 4.79 Å². The van der Waals surface area contributed by atoms with E-state index in [0.717, 1.165) is 12.1 Å². The number of halogens is 3. The molecule has 0 heterocycles. The van der Waals surface area contributed by atoms with E-state index in [9.17, 15) is 22.8 Å². The van der Waals surface area contributed by atoms with Gasteiger partial charge in [-0.25, -0.2) is 4.79 Å². The Labute approximate surface area is 130 Å². The second-order valence-corrected chi connectivity index (χ2v) is 5.36. The summed E-state index contributed by atoms with van der Waals surface area (Å²) in [4.78, 5) is 22.5. The van der Waals surface area contributed by atoms with Crippen LogP contribution in [0.25, 0.3) is 0 Å². The van der Waals surface area contributed by atoms with Gasteiger partial charge in [-0.1, -0.05) is 18.2 Å². The van der Waals surface area contributed by atoms with Crippen molar-refractivity contribution in [1.82, 2.24) is 5.32 Å². The standard InChI is InChI=1S/C15H16F3NO4/c16-15(17,18)11-3-1-2-10(8-11)14(4-5-14)13(22)19-6-7-23-9-12(20)21/h1-3,8H,4-7,9H2,(H,19,22)(H,20,21). The van der Waals surface area contributed by atoms with E-state index in [1.807, 2.05) is 0 Å². The largest absolute Gasteiger partial charge is 0.480 e. The van der Waals surface area contributed by atoms with Gasteiger partial charge in [0.15, 0.2) is 0 Å². The highest BCUT2D eigenvalue weighted by Gasteiger charge is 2.51. The number of benzene rings is 1. The Kier molecular flexibility index (Phi) is 4.93. The minimum atomic E-state index is -4.45. The fraction of sp³-hybridized carbons (Fsp3) is 0.467. The lowest BCUT2D eigenvalue weighted by molar-refractivity contribution is -0.142. The van der Waals surface area contributed by atoms with Crippen molar-refractivity contribution < 1.29 is 32.6 Å². The summed E-state index contributed by atoms with van der Waals surface area (Å²) in [6.45, 7) is -0.335. The van der Waals surface area contributed by atoms with Gasteiger partial charge in [0.05, 0.1) is 17.6 Å². The molecule has 0 unspecified atom stereocenters. The minimum absolute atomic E-state index is 0.0245. The summed E-state index contributed by atoms with van der Waals surface area (Å²) >= 11 is 0. The summed E-state index contributed by atoms with van der Waals surface area (Å²) in [5.41, 5.74) is -1.36. The smallest absolute Gasteiger partial charge is 0.416 e. The van der Waals surface area contributed by atoms with Crippen LogP contribution in [0.4, 0.5) is 13.2 Å². The van der Waals surface area contributed by atoms with Crippen molar-refractivity contribution >= 4 is 11.9 Å². The number of nitrogens with one attached hydrogen (secondary N) is 1. The average molecular weight is 331 g/mol. The van der Waals surface area contributed by atoms with E-state index in [1.165, 1.54) is 12.1 Å². The molecule has 0 aliphatic heterocycles. The lowest BCUT2D eigenvalue weighted by atomic mass is 9.93. The van der Waals surface area contributed by atoms with Crippen LogP contribution in [0, 0.1) is 0 Å². The van der Waals surface area contributed by atoms with Gasteiger partial charge in [0.1, 0.15) is 6.61 Å². The van der Waals surface area contributed by atoms with Gasteiger partial charge in [0.25, 0.3) is 0 Å². The molecule has 1 aromatic carbocycles. The summed E-state index contributed by atoms with van der Waals surface area (Å²) < 4.78 is 43.1. The van der Waals surface area contributed by atoms with E-state index in [0.29, 0.717) is 18.4 Å². The zero-order valence-corrected chi connectivity index (χ0v) is 12.2. The molecule has 1 fully saturated rings. The van der Waals surface area contributed by atoms with Crippen LogP contribution in [0.1, 0.15) is 24.0 Å². The second-order valence-electron chi connectivity index (χ2n) is 5.36. The van der Waals surface area contributed by atoms with Crippen molar-refractivity contribution in [1.29, 1.82) is 0 Å². The van der Waals surface area contributed by atoms with Crippen LogP contribution in [0.3, 0.4) is 0 Å².